The second-order valence-corrected chi connectivity index (χ2v) is 6.03. The van der Waals surface area contributed by atoms with Gasteiger partial charge >= 0.3 is 0 Å². The Morgan fingerprint density at radius 1 is 1.10 bits per heavy atom. The fraction of sp³-hybridized carbons (Fsp3) is 0.562. The lowest BCUT2D eigenvalue weighted by atomic mass is 9.89. The van der Waals surface area contributed by atoms with Crippen molar-refractivity contribution in [2.45, 2.75) is 50.8 Å². The van der Waals surface area contributed by atoms with E-state index in [-0.39, 0.29) is 6.23 Å². The summed E-state index contributed by atoms with van der Waals surface area (Å²) in [6.45, 7) is 1.15. The third-order valence-electron chi connectivity index (χ3n) is 4.38. The van der Waals surface area contributed by atoms with Crippen LogP contribution >= 0.6 is 11.6 Å². The zero-order valence-corrected chi connectivity index (χ0v) is 12.3. The molecule has 1 aromatic carbocycles. The maximum Gasteiger partial charge on any atom is 0.252 e. The van der Waals surface area contributed by atoms with Gasteiger partial charge in [0.2, 0.25) is 0 Å². The first-order chi connectivity index (χ1) is 9.74. The number of carbonyl (C=O) groups is 1. The molecule has 0 amide bonds. The van der Waals surface area contributed by atoms with Gasteiger partial charge in [-0.15, -0.1) is 0 Å². The Balaban J connectivity index is 1.66. The van der Waals surface area contributed by atoms with Gasteiger partial charge in [-0.1, -0.05) is 6.42 Å². The summed E-state index contributed by atoms with van der Waals surface area (Å²) in [5.74, 6) is 0.822. The topological polar surface area (TPSA) is 29.5 Å². The summed E-state index contributed by atoms with van der Waals surface area (Å²) in [6.07, 6.45) is 7.74. The zero-order chi connectivity index (χ0) is 13.9. The summed E-state index contributed by atoms with van der Waals surface area (Å²) in [7, 11) is 0. The van der Waals surface area contributed by atoms with Crippen LogP contribution in [-0.2, 0) is 0 Å². The average molecular weight is 294 g/mol. The van der Waals surface area contributed by atoms with Crippen molar-refractivity contribution < 1.29 is 9.53 Å². The fourth-order valence-corrected chi connectivity index (χ4v) is 3.13. The molecule has 2 aliphatic rings. The van der Waals surface area contributed by atoms with Crippen molar-refractivity contribution in [1.29, 1.82) is 0 Å². The van der Waals surface area contributed by atoms with Gasteiger partial charge in [-0.25, -0.2) is 0 Å². The number of piperidine rings is 1. The van der Waals surface area contributed by atoms with E-state index >= 15 is 0 Å². The minimum absolute atomic E-state index is 0.187. The van der Waals surface area contributed by atoms with Crippen LogP contribution in [0.4, 0.5) is 0 Å². The number of rotatable bonds is 4. The molecular weight excluding hydrogens is 274 g/mol. The van der Waals surface area contributed by atoms with E-state index in [4.69, 9.17) is 16.3 Å². The van der Waals surface area contributed by atoms with Gasteiger partial charge in [-0.05, 0) is 68.0 Å². The average Bonchev–Trinajstić information content (AvgIpc) is 2.39. The summed E-state index contributed by atoms with van der Waals surface area (Å²) < 4.78 is 6.13. The number of nitrogens with zero attached hydrogens (tertiary/aromatic N) is 1. The fourth-order valence-electron chi connectivity index (χ4n) is 3.01. The number of benzene rings is 1. The molecule has 1 unspecified atom stereocenters. The number of carbonyl (C=O) groups excluding carboxylic acids is 1. The van der Waals surface area contributed by atoms with Gasteiger partial charge in [0.1, 0.15) is 5.75 Å². The molecule has 1 aromatic rings. The van der Waals surface area contributed by atoms with Crippen molar-refractivity contribution >= 4 is 16.8 Å². The van der Waals surface area contributed by atoms with Gasteiger partial charge in [0.25, 0.3) is 5.24 Å². The summed E-state index contributed by atoms with van der Waals surface area (Å²) in [4.78, 5) is 13.6. The van der Waals surface area contributed by atoms with Crippen LogP contribution in [0.25, 0.3) is 0 Å². The lowest BCUT2D eigenvalue weighted by molar-refractivity contribution is -0.0523. The minimum atomic E-state index is -0.426. The van der Waals surface area contributed by atoms with Crippen molar-refractivity contribution in [1.82, 2.24) is 4.90 Å². The number of ether oxygens (including phenoxy) is 1. The minimum Gasteiger partial charge on any atom is -0.475 e. The van der Waals surface area contributed by atoms with Crippen LogP contribution in [0.15, 0.2) is 24.3 Å². The molecule has 1 aliphatic carbocycles. The zero-order valence-electron chi connectivity index (χ0n) is 11.6. The molecule has 20 heavy (non-hydrogen) atoms. The molecule has 4 heteroatoms. The first kappa shape index (κ1) is 13.9. The second-order valence-electron chi connectivity index (χ2n) is 5.69. The maximum absolute atomic E-state index is 11.1. The van der Waals surface area contributed by atoms with Crippen LogP contribution in [0.5, 0.6) is 5.75 Å². The van der Waals surface area contributed by atoms with Gasteiger partial charge in [0.15, 0.2) is 6.23 Å². The molecular formula is C16H20ClNO2. The molecule has 0 radical (unpaired) electrons. The van der Waals surface area contributed by atoms with Crippen LogP contribution in [-0.4, -0.2) is 29.0 Å². The van der Waals surface area contributed by atoms with Gasteiger partial charge in [0.05, 0.1) is 0 Å². The van der Waals surface area contributed by atoms with Gasteiger partial charge in [0, 0.05) is 18.2 Å². The summed E-state index contributed by atoms with van der Waals surface area (Å²) >= 11 is 5.45. The van der Waals surface area contributed by atoms with Crippen molar-refractivity contribution in [3.05, 3.63) is 29.8 Å². The molecule has 1 atom stereocenters. The smallest absolute Gasteiger partial charge is 0.252 e. The predicted molar refractivity (Wildman–Crippen MR) is 79.2 cm³/mol. The predicted octanol–water partition coefficient (Wildman–Crippen LogP) is 3.81. The van der Waals surface area contributed by atoms with E-state index in [1.165, 1.54) is 32.1 Å². The molecule has 2 fully saturated rings. The molecule has 3 rings (SSSR count). The highest BCUT2D eigenvalue weighted by atomic mass is 35.5. The van der Waals surface area contributed by atoms with Gasteiger partial charge < -0.3 is 4.74 Å². The van der Waals surface area contributed by atoms with Crippen molar-refractivity contribution in [3.63, 3.8) is 0 Å². The van der Waals surface area contributed by atoms with Gasteiger partial charge in [-0.2, -0.15) is 0 Å². The number of halogens is 1. The summed E-state index contributed by atoms with van der Waals surface area (Å²) in [5, 5.41) is -0.426. The maximum atomic E-state index is 11.1. The molecule has 1 heterocycles. The Bertz CT molecular complexity index is 470. The number of hydrogen-bond acceptors (Lipinski definition) is 3. The molecule has 0 aromatic heterocycles. The van der Waals surface area contributed by atoms with Crippen molar-refractivity contribution in [3.8, 4) is 5.75 Å². The van der Waals surface area contributed by atoms with E-state index in [1.54, 1.807) is 12.1 Å². The molecule has 0 bridgehead atoms. The van der Waals surface area contributed by atoms with Crippen LogP contribution in [0, 0.1) is 0 Å². The lowest BCUT2D eigenvalue weighted by Crippen LogP contribution is -2.51. The summed E-state index contributed by atoms with van der Waals surface area (Å²) in [6, 6.07) is 7.83. The van der Waals surface area contributed by atoms with Crippen LogP contribution in [0.2, 0.25) is 0 Å². The Labute approximate surface area is 124 Å². The first-order valence-electron chi connectivity index (χ1n) is 7.46. The van der Waals surface area contributed by atoms with E-state index in [1.807, 2.05) is 12.1 Å². The summed E-state index contributed by atoms with van der Waals surface area (Å²) in [5.41, 5.74) is 0.513. The normalized spacial score (nSPS) is 24.1. The SMILES string of the molecule is O=C(Cl)c1ccc(OC2CCCCN2C2CCC2)cc1. The van der Waals surface area contributed by atoms with Crippen molar-refractivity contribution in [2.75, 3.05) is 6.54 Å². The molecule has 108 valence electrons. The standard InChI is InChI=1S/C16H20ClNO2/c17-16(19)12-7-9-14(10-8-12)20-15-6-1-2-11-18(15)13-4-3-5-13/h7-10,13,15H,1-6,11H2. The monoisotopic (exact) mass is 293 g/mol. The Morgan fingerprint density at radius 3 is 2.45 bits per heavy atom. The largest absolute Gasteiger partial charge is 0.475 e. The lowest BCUT2D eigenvalue weighted by Gasteiger charge is -2.44. The number of hydrogen-bond donors (Lipinski definition) is 0. The molecule has 1 saturated heterocycles. The molecule has 1 aliphatic heterocycles. The third-order valence-corrected chi connectivity index (χ3v) is 4.60. The molecule has 0 spiro atoms. The van der Waals surface area contributed by atoms with Crippen molar-refractivity contribution in [2.24, 2.45) is 0 Å². The van der Waals surface area contributed by atoms with E-state index in [0.29, 0.717) is 11.6 Å². The van der Waals surface area contributed by atoms with Gasteiger partial charge in [-0.3, -0.25) is 9.69 Å². The van der Waals surface area contributed by atoms with E-state index in [2.05, 4.69) is 4.90 Å². The molecule has 0 N–H and O–H groups in total. The molecule has 1 saturated carbocycles. The number of likely N-dealkylation sites (tertiary alicyclic amines) is 1. The highest BCUT2D eigenvalue weighted by molar-refractivity contribution is 6.67. The highest BCUT2D eigenvalue weighted by Crippen LogP contribution is 2.31. The second kappa shape index (κ2) is 6.15. The van der Waals surface area contributed by atoms with E-state index in [9.17, 15) is 4.79 Å². The van der Waals surface area contributed by atoms with Crippen LogP contribution < -0.4 is 4.74 Å². The van der Waals surface area contributed by atoms with Crippen LogP contribution in [0.1, 0.15) is 48.9 Å². The van der Waals surface area contributed by atoms with Crippen LogP contribution in [0.3, 0.4) is 0 Å². The molecule has 3 nitrogen and oxygen atoms in total. The first-order valence-corrected chi connectivity index (χ1v) is 7.84. The Kier molecular flexibility index (Phi) is 4.27. The third kappa shape index (κ3) is 2.99. The van der Waals surface area contributed by atoms with E-state index in [0.717, 1.165) is 18.7 Å². The quantitative estimate of drug-likeness (QED) is 0.791. The highest BCUT2D eigenvalue weighted by Gasteiger charge is 2.33. The Hall–Kier alpha value is -1.06. The Morgan fingerprint density at radius 2 is 1.85 bits per heavy atom. The van der Waals surface area contributed by atoms with E-state index < -0.39 is 5.24 Å².